The fourth-order valence-electron chi connectivity index (χ4n) is 1.30. The van der Waals surface area contributed by atoms with Crippen LogP contribution in [0.5, 0.6) is 11.6 Å². The van der Waals surface area contributed by atoms with Crippen LogP contribution in [0.15, 0.2) is 41.3 Å². The van der Waals surface area contributed by atoms with Crippen LogP contribution in [-0.2, 0) is 6.61 Å². The maximum absolute atomic E-state index is 8.85. The van der Waals surface area contributed by atoms with Crippen LogP contribution in [0.25, 0.3) is 0 Å². The third-order valence-corrected chi connectivity index (χ3v) is 2.92. The molecule has 2 aromatic rings. The average molecular weight is 248 g/mol. The Morgan fingerprint density at radius 3 is 2.65 bits per heavy atom. The topological polar surface area (TPSA) is 55.2 Å². The van der Waals surface area contributed by atoms with Gasteiger partial charge in [0.25, 0.3) is 0 Å². The van der Waals surface area contributed by atoms with Crippen LogP contribution < -0.4 is 4.74 Å². The van der Waals surface area contributed by atoms with Gasteiger partial charge in [-0.3, -0.25) is 0 Å². The quantitative estimate of drug-likeness (QED) is 0.842. The SMILES string of the molecule is CSc1ccccc1Oc1ccc(CO)nn1. The lowest BCUT2D eigenvalue weighted by Crippen LogP contribution is -1.95. The van der Waals surface area contributed by atoms with E-state index in [4.69, 9.17) is 9.84 Å². The molecule has 5 heteroatoms. The number of aliphatic hydroxyl groups is 1. The van der Waals surface area contributed by atoms with Crippen LogP contribution in [-0.4, -0.2) is 21.6 Å². The Morgan fingerprint density at radius 1 is 1.18 bits per heavy atom. The molecule has 0 fully saturated rings. The summed E-state index contributed by atoms with van der Waals surface area (Å²) in [6.45, 7) is -0.116. The van der Waals surface area contributed by atoms with Crippen molar-refractivity contribution in [2.75, 3.05) is 6.26 Å². The highest BCUT2D eigenvalue weighted by Gasteiger charge is 2.04. The summed E-state index contributed by atoms with van der Waals surface area (Å²) in [6.07, 6.45) is 1.99. The van der Waals surface area contributed by atoms with Gasteiger partial charge in [0.2, 0.25) is 5.88 Å². The monoisotopic (exact) mass is 248 g/mol. The predicted molar refractivity (Wildman–Crippen MR) is 66.3 cm³/mol. The highest BCUT2D eigenvalue weighted by molar-refractivity contribution is 7.98. The first-order valence-corrected chi connectivity index (χ1v) is 6.30. The molecular weight excluding hydrogens is 236 g/mol. The molecule has 0 amide bonds. The molecule has 1 heterocycles. The van der Waals surface area contributed by atoms with Crippen LogP contribution >= 0.6 is 11.8 Å². The highest BCUT2D eigenvalue weighted by atomic mass is 32.2. The molecule has 0 atom stereocenters. The molecule has 0 unspecified atom stereocenters. The second-order valence-corrected chi connectivity index (χ2v) is 4.12. The van der Waals surface area contributed by atoms with Crippen LogP contribution in [0.4, 0.5) is 0 Å². The van der Waals surface area contributed by atoms with Crippen LogP contribution in [0.1, 0.15) is 5.69 Å². The molecule has 0 saturated carbocycles. The van der Waals surface area contributed by atoms with E-state index < -0.39 is 0 Å². The molecule has 0 aliphatic heterocycles. The van der Waals surface area contributed by atoms with Crippen molar-refractivity contribution in [3.05, 3.63) is 42.1 Å². The Balaban J connectivity index is 2.19. The summed E-state index contributed by atoms with van der Waals surface area (Å²) in [5.41, 5.74) is 0.524. The molecule has 17 heavy (non-hydrogen) atoms. The van der Waals surface area contributed by atoms with Crippen molar-refractivity contribution in [1.29, 1.82) is 0 Å². The lowest BCUT2D eigenvalue weighted by Gasteiger charge is -2.07. The molecule has 4 nitrogen and oxygen atoms in total. The van der Waals surface area contributed by atoms with E-state index in [0.717, 1.165) is 10.6 Å². The molecule has 1 N–H and O–H groups in total. The number of aliphatic hydroxyl groups excluding tert-OH is 1. The van der Waals surface area contributed by atoms with Crippen molar-refractivity contribution in [3.63, 3.8) is 0 Å². The summed E-state index contributed by atoms with van der Waals surface area (Å²) < 4.78 is 5.62. The number of ether oxygens (including phenoxy) is 1. The van der Waals surface area contributed by atoms with E-state index in [9.17, 15) is 0 Å². The van der Waals surface area contributed by atoms with Gasteiger partial charge in [0.05, 0.1) is 12.3 Å². The number of aromatic nitrogens is 2. The molecule has 0 spiro atoms. The Morgan fingerprint density at radius 2 is 2.00 bits per heavy atom. The van der Waals surface area contributed by atoms with Gasteiger partial charge in [-0.25, -0.2) is 0 Å². The molecule has 1 aromatic heterocycles. The zero-order chi connectivity index (χ0) is 12.1. The molecule has 0 aliphatic carbocycles. The summed E-state index contributed by atoms with van der Waals surface area (Å²) in [4.78, 5) is 1.04. The normalized spacial score (nSPS) is 10.2. The second kappa shape index (κ2) is 5.65. The Hall–Kier alpha value is -1.59. The van der Waals surface area contributed by atoms with E-state index in [1.165, 1.54) is 0 Å². The minimum absolute atomic E-state index is 0.116. The number of rotatable bonds is 4. The summed E-state index contributed by atoms with van der Waals surface area (Å²) in [5, 5.41) is 16.5. The summed E-state index contributed by atoms with van der Waals surface area (Å²) >= 11 is 1.61. The molecule has 88 valence electrons. The van der Waals surface area contributed by atoms with E-state index in [0.29, 0.717) is 11.6 Å². The van der Waals surface area contributed by atoms with E-state index in [1.54, 1.807) is 23.9 Å². The van der Waals surface area contributed by atoms with Gasteiger partial charge >= 0.3 is 0 Å². The summed E-state index contributed by atoms with van der Waals surface area (Å²) in [7, 11) is 0. The maximum atomic E-state index is 8.85. The predicted octanol–water partition coefficient (Wildman–Crippen LogP) is 2.48. The van der Waals surface area contributed by atoms with Crippen LogP contribution in [0.3, 0.4) is 0 Å². The van der Waals surface area contributed by atoms with Gasteiger partial charge in [0.15, 0.2) is 0 Å². The Kier molecular flexibility index (Phi) is 3.95. The standard InChI is InChI=1S/C12H12N2O2S/c1-17-11-5-3-2-4-10(11)16-12-7-6-9(8-15)13-14-12/h2-7,15H,8H2,1H3. The van der Waals surface area contributed by atoms with E-state index in [1.807, 2.05) is 30.5 Å². The fourth-order valence-corrected chi connectivity index (χ4v) is 1.83. The van der Waals surface area contributed by atoms with Gasteiger partial charge in [-0.05, 0) is 24.5 Å². The third kappa shape index (κ3) is 2.95. The van der Waals surface area contributed by atoms with Crippen molar-refractivity contribution < 1.29 is 9.84 Å². The minimum atomic E-state index is -0.116. The molecule has 0 saturated heterocycles. The van der Waals surface area contributed by atoms with Gasteiger partial charge in [0, 0.05) is 11.0 Å². The van der Waals surface area contributed by atoms with E-state index >= 15 is 0 Å². The summed E-state index contributed by atoms with van der Waals surface area (Å²) in [6, 6.07) is 11.1. The molecule has 0 aliphatic rings. The number of hydrogen-bond donors (Lipinski definition) is 1. The lowest BCUT2D eigenvalue weighted by atomic mass is 10.3. The number of nitrogens with zero attached hydrogens (tertiary/aromatic N) is 2. The van der Waals surface area contributed by atoms with E-state index in [2.05, 4.69) is 10.2 Å². The Labute approximate surface area is 104 Å². The molecular formula is C12H12N2O2S. The van der Waals surface area contributed by atoms with Crippen molar-refractivity contribution in [2.45, 2.75) is 11.5 Å². The second-order valence-electron chi connectivity index (χ2n) is 3.27. The van der Waals surface area contributed by atoms with Crippen LogP contribution in [0, 0.1) is 0 Å². The summed E-state index contributed by atoms with van der Waals surface area (Å²) in [5.74, 6) is 1.18. The van der Waals surface area contributed by atoms with Crippen LogP contribution in [0.2, 0.25) is 0 Å². The first-order valence-electron chi connectivity index (χ1n) is 5.08. The van der Waals surface area contributed by atoms with Gasteiger partial charge in [0.1, 0.15) is 5.75 Å². The smallest absolute Gasteiger partial charge is 0.238 e. The first kappa shape index (κ1) is 11.9. The Bertz CT molecular complexity index is 488. The van der Waals surface area contributed by atoms with Crippen molar-refractivity contribution in [1.82, 2.24) is 10.2 Å². The third-order valence-electron chi connectivity index (χ3n) is 2.14. The zero-order valence-electron chi connectivity index (χ0n) is 9.33. The van der Waals surface area contributed by atoms with Gasteiger partial charge in [-0.1, -0.05) is 12.1 Å². The van der Waals surface area contributed by atoms with E-state index in [-0.39, 0.29) is 6.61 Å². The highest BCUT2D eigenvalue weighted by Crippen LogP contribution is 2.29. The fraction of sp³-hybridized carbons (Fsp3) is 0.167. The molecule has 2 rings (SSSR count). The average Bonchev–Trinajstić information content (AvgIpc) is 2.40. The maximum Gasteiger partial charge on any atom is 0.238 e. The number of thioether (sulfide) groups is 1. The van der Waals surface area contributed by atoms with Gasteiger partial charge in [-0.15, -0.1) is 22.0 Å². The number of benzene rings is 1. The van der Waals surface area contributed by atoms with Crippen molar-refractivity contribution >= 4 is 11.8 Å². The van der Waals surface area contributed by atoms with Crippen molar-refractivity contribution in [2.24, 2.45) is 0 Å². The molecule has 0 bridgehead atoms. The largest absolute Gasteiger partial charge is 0.436 e. The number of hydrogen-bond acceptors (Lipinski definition) is 5. The minimum Gasteiger partial charge on any atom is -0.436 e. The number of para-hydroxylation sites is 1. The zero-order valence-corrected chi connectivity index (χ0v) is 10.1. The first-order chi connectivity index (χ1) is 8.33. The van der Waals surface area contributed by atoms with Gasteiger partial charge in [-0.2, -0.15) is 0 Å². The lowest BCUT2D eigenvalue weighted by molar-refractivity contribution is 0.274. The van der Waals surface area contributed by atoms with Gasteiger partial charge < -0.3 is 9.84 Å². The molecule has 1 aromatic carbocycles. The molecule has 0 radical (unpaired) electrons. The van der Waals surface area contributed by atoms with Crippen molar-refractivity contribution in [3.8, 4) is 11.6 Å².